The lowest BCUT2D eigenvalue weighted by molar-refractivity contribution is -0.144. The van der Waals surface area contributed by atoms with Crippen LogP contribution in [-0.4, -0.2) is 46.3 Å². The number of rotatable bonds is 9. The highest BCUT2D eigenvalue weighted by atomic mass is 32.2. The number of esters is 1. The highest BCUT2D eigenvalue weighted by Crippen LogP contribution is 2.24. The predicted molar refractivity (Wildman–Crippen MR) is 93.9 cm³/mol. The molecule has 0 N–H and O–H groups in total. The minimum absolute atomic E-state index is 0.113. The maximum Gasteiger partial charge on any atom is 0.316 e. The summed E-state index contributed by atoms with van der Waals surface area (Å²) < 4.78 is 12.3. The molecule has 0 aliphatic rings. The monoisotopic (exact) mass is 349 g/mol. The number of thioether (sulfide) groups is 1. The Morgan fingerprint density at radius 3 is 2.67 bits per heavy atom. The van der Waals surface area contributed by atoms with Gasteiger partial charge in [0.25, 0.3) is 0 Å². The number of carbonyl (C=O) groups excluding carboxylic acids is 1. The molecule has 0 fully saturated rings. The van der Waals surface area contributed by atoms with Crippen molar-refractivity contribution >= 4 is 17.7 Å². The van der Waals surface area contributed by atoms with Gasteiger partial charge in [-0.05, 0) is 20.3 Å². The molecule has 130 valence electrons. The van der Waals surface area contributed by atoms with E-state index < -0.39 is 0 Å². The van der Waals surface area contributed by atoms with Gasteiger partial charge in [0.2, 0.25) is 0 Å². The van der Waals surface area contributed by atoms with Gasteiger partial charge in [-0.25, -0.2) is 0 Å². The van der Waals surface area contributed by atoms with Crippen LogP contribution in [0.15, 0.2) is 35.5 Å². The van der Waals surface area contributed by atoms with Crippen LogP contribution < -0.4 is 0 Å². The average Bonchev–Trinajstić information content (AvgIpc) is 2.96. The number of nitrogens with zero attached hydrogens (tertiary/aromatic N) is 3. The van der Waals surface area contributed by atoms with Crippen LogP contribution in [0.25, 0.3) is 11.4 Å². The van der Waals surface area contributed by atoms with Crippen molar-refractivity contribution in [3.8, 4) is 11.4 Å². The zero-order valence-electron chi connectivity index (χ0n) is 14.3. The van der Waals surface area contributed by atoms with Crippen LogP contribution in [0.1, 0.15) is 20.3 Å². The second kappa shape index (κ2) is 9.44. The largest absolute Gasteiger partial charge is 0.462 e. The first-order chi connectivity index (χ1) is 11.6. The van der Waals surface area contributed by atoms with Crippen LogP contribution in [0.4, 0.5) is 0 Å². The number of benzene rings is 1. The molecule has 1 heterocycles. The van der Waals surface area contributed by atoms with E-state index >= 15 is 0 Å². The Morgan fingerprint density at radius 2 is 2.00 bits per heavy atom. The van der Waals surface area contributed by atoms with E-state index in [-0.39, 0.29) is 17.8 Å². The van der Waals surface area contributed by atoms with Crippen LogP contribution in [0, 0.1) is 0 Å². The van der Waals surface area contributed by atoms with Crippen molar-refractivity contribution in [3.05, 3.63) is 30.3 Å². The van der Waals surface area contributed by atoms with Gasteiger partial charge < -0.3 is 14.0 Å². The molecule has 24 heavy (non-hydrogen) atoms. The van der Waals surface area contributed by atoms with E-state index in [4.69, 9.17) is 9.47 Å². The Bertz CT molecular complexity index is 644. The standard InChI is InChI=1S/C17H23N3O3S/c1-13(2)23-15(21)12-24-17-19-18-16(14-8-5-4-6-9-14)20(17)10-7-11-22-3/h4-6,8-9,13H,7,10-12H2,1-3H3. The predicted octanol–water partition coefficient (Wildman–Crippen LogP) is 3.03. The van der Waals surface area contributed by atoms with Crippen molar-refractivity contribution in [2.75, 3.05) is 19.5 Å². The lowest BCUT2D eigenvalue weighted by Crippen LogP contribution is -2.14. The van der Waals surface area contributed by atoms with E-state index in [1.54, 1.807) is 7.11 Å². The van der Waals surface area contributed by atoms with Crippen molar-refractivity contribution in [3.63, 3.8) is 0 Å². The zero-order chi connectivity index (χ0) is 17.4. The molecule has 0 aliphatic carbocycles. The normalized spacial score (nSPS) is 11.0. The summed E-state index contributed by atoms with van der Waals surface area (Å²) in [7, 11) is 1.68. The van der Waals surface area contributed by atoms with Gasteiger partial charge in [0.15, 0.2) is 11.0 Å². The van der Waals surface area contributed by atoms with Gasteiger partial charge in [0, 0.05) is 25.8 Å². The second-order valence-corrected chi connectivity index (χ2v) is 6.44. The van der Waals surface area contributed by atoms with Crippen molar-refractivity contribution in [2.45, 2.75) is 38.1 Å². The summed E-state index contributed by atoms with van der Waals surface area (Å²) in [6.45, 7) is 5.06. The van der Waals surface area contributed by atoms with Crippen molar-refractivity contribution < 1.29 is 14.3 Å². The van der Waals surface area contributed by atoms with E-state index in [1.165, 1.54) is 11.8 Å². The fourth-order valence-corrected chi connectivity index (χ4v) is 2.93. The van der Waals surface area contributed by atoms with E-state index in [0.29, 0.717) is 11.8 Å². The first kappa shape index (κ1) is 18.5. The molecule has 1 aromatic carbocycles. The van der Waals surface area contributed by atoms with E-state index in [0.717, 1.165) is 24.4 Å². The molecule has 6 nitrogen and oxygen atoms in total. The van der Waals surface area contributed by atoms with E-state index in [9.17, 15) is 4.79 Å². The van der Waals surface area contributed by atoms with Gasteiger partial charge in [-0.1, -0.05) is 42.1 Å². The Morgan fingerprint density at radius 1 is 1.25 bits per heavy atom. The molecular weight excluding hydrogens is 326 g/mol. The third-order valence-corrected chi connectivity index (χ3v) is 4.11. The zero-order valence-corrected chi connectivity index (χ0v) is 15.1. The second-order valence-electron chi connectivity index (χ2n) is 5.50. The lowest BCUT2D eigenvalue weighted by Gasteiger charge is -2.10. The maximum atomic E-state index is 11.8. The summed E-state index contributed by atoms with van der Waals surface area (Å²) in [6, 6.07) is 9.90. The van der Waals surface area contributed by atoms with Gasteiger partial charge in [-0.2, -0.15) is 0 Å². The molecule has 7 heteroatoms. The van der Waals surface area contributed by atoms with Crippen molar-refractivity contribution in [1.29, 1.82) is 0 Å². The molecular formula is C17H23N3O3S. The number of carbonyl (C=O) groups is 1. The van der Waals surface area contributed by atoms with Crippen LogP contribution in [0.3, 0.4) is 0 Å². The van der Waals surface area contributed by atoms with Crippen molar-refractivity contribution in [1.82, 2.24) is 14.8 Å². The average molecular weight is 349 g/mol. The maximum absolute atomic E-state index is 11.8. The summed E-state index contributed by atoms with van der Waals surface area (Å²) >= 11 is 1.34. The summed E-state index contributed by atoms with van der Waals surface area (Å²) in [5.74, 6) is 0.768. The van der Waals surface area contributed by atoms with Gasteiger partial charge in [0.05, 0.1) is 11.9 Å². The molecule has 0 saturated carbocycles. The molecule has 0 spiro atoms. The third-order valence-electron chi connectivity index (χ3n) is 3.17. The van der Waals surface area contributed by atoms with Gasteiger partial charge in [-0.3, -0.25) is 4.79 Å². The third kappa shape index (κ3) is 5.35. The van der Waals surface area contributed by atoms with Crippen molar-refractivity contribution in [2.24, 2.45) is 0 Å². The molecule has 0 aliphatic heterocycles. The topological polar surface area (TPSA) is 66.2 Å². The highest BCUT2D eigenvalue weighted by Gasteiger charge is 2.16. The molecule has 0 unspecified atom stereocenters. The fourth-order valence-electron chi connectivity index (χ4n) is 2.19. The summed E-state index contributed by atoms with van der Waals surface area (Å²) in [5, 5.41) is 9.27. The number of hydrogen-bond acceptors (Lipinski definition) is 6. The van der Waals surface area contributed by atoms with Gasteiger partial charge in [-0.15, -0.1) is 10.2 Å². The molecule has 0 saturated heterocycles. The Hall–Kier alpha value is -1.86. The Balaban J connectivity index is 2.14. The number of ether oxygens (including phenoxy) is 2. The molecule has 2 aromatic rings. The molecule has 1 aromatic heterocycles. The quantitative estimate of drug-likeness (QED) is 0.394. The Kier molecular flexibility index (Phi) is 7.27. The molecule has 0 radical (unpaired) electrons. The Labute approximate surface area is 146 Å². The molecule has 0 amide bonds. The summed E-state index contributed by atoms with van der Waals surface area (Å²) in [6.07, 6.45) is 0.732. The summed E-state index contributed by atoms with van der Waals surface area (Å²) in [5.41, 5.74) is 0.999. The van der Waals surface area contributed by atoms with Crippen LogP contribution in [0.2, 0.25) is 0 Å². The van der Waals surface area contributed by atoms with E-state index in [2.05, 4.69) is 10.2 Å². The molecule has 0 bridgehead atoms. The first-order valence-corrected chi connectivity index (χ1v) is 8.90. The summed E-state index contributed by atoms with van der Waals surface area (Å²) in [4.78, 5) is 11.8. The van der Waals surface area contributed by atoms with Crippen LogP contribution >= 0.6 is 11.8 Å². The fraction of sp³-hybridized carbons (Fsp3) is 0.471. The minimum Gasteiger partial charge on any atom is -0.462 e. The number of hydrogen-bond donors (Lipinski definition) is 0. The van der Waals surface area contributed by atoms with E-state index in [1.807, 2.05) is 48.7 Å². The smallest absolute Gasteiger partial charge is 0.316 e. The molecule has 2 rings (SSSR count). The van der Waals surface area contributed by atoms with Crippen LogP contribution in [-0.2, 0) is 20.8 Å². The van der Waals surface area contributed by atoms with Gasteiger partial charge >= 0.3 is 5.97 Å². The van der Waals surface area contributed by atoms with Gasteiger partial charge in [0.1, 0.15) is 0 Å². The minimum atomic E-state index is -0.247. The SMILES string of the molecule is COCCCn1c(SCC(=O)OC(C)C)nnc1-c1ccccc1. The first-order valence-electron chi connectivity index (χ1n) is 7.91. The number of aromatic nitrogens is 3. The molecule has 0 atom stereocenters. The lowest BCUT2D eigenvalue weighted by atomic mass is 10.2. The highest BCUT2D eigenvalue weighted by molar-refractivity contribution is 7.99. The number of methoxy groups -OCH3 is 1. The van der Waals surface area contributed by atoms with Crippen LogP contribution in [0.5, 0.6) is 0 Å².